The van der Waals surface area contributed by atoms with E-state index in [0.29, 0.717) is 21.7 Å². The highest BCUT2D eigenvalue weighted by atomic mass is 79.9. The van der Waals surface area contributed by atoms with E-state index in [-0.39, 0.29) is 22.2 Å². The highest BCUT2D eigenvalue weighted by Gasteiger charge is 2.48. The first kappa shape index (κ1) is 23.1. The van der Waals surface area contributed by atoms with Crippen molar-refractivity contribution in [1.82, 2.24) is 4.98 Å². The van der Waals surface area contributed by atoms with Gasteiger partial charge in [0.05, 0.1) is 22.2 Å². The number of ketones is 2. The molecule has 1 fully saturated rings. The van der Waals surface area contributed by atoms with E-state index in [1.807, 2.05) is 32.0 Å². The van der Waals surface area contributed by atoms with Crippen LogP contribution in [0.1, 0.15) is 50.6 Å². The number of anilines is 1. The van der Waals surface area contributed by atoms with Gasteiger partial charge >= 0.3 is 5.91 Å². The molecule has 3 aromatic rings. The fourth-order valence-corrected chi connectivity index (χ4v) is 5.38. The van der Waals surface area contributed by atoms with Gasteiger partial charge in [0, 0.05) is 17.0 Å². The molecule has 1 N–H and O–H groups in total. The second-order valence-electron chi connectivity index (χ2n) is 8.01. The summed E-state index contributed by atoms with van der Waals surface area (Å²) in [7, 11) is 0. The summed E-state index contributed by atoms with van der Waals surface area (Å²) in [6, 6.07) is 11.9. The molecule has 1 amide bonds. The van der Waals surface area contributed by atoms with E-state index in [4.69, 9.17) is 0 Å². The van der Waals surface area contributed by atoms with Gasteiger partial charge in [-0.3, -0.25) is 19.3 Å². The predicted molar refractivity (Wildman–Crippen MR) is 132 cm³/mol. The van der Waals surface area contributed by atoms with Gasteiger partial charge in [-0.25, -0.2) is 4.98 Å². The van der Waals surface area contributed by atoms with E-state index in [2.05, 4.69) is 20.9 Å². The molecular weight excluding hydrogens is 504 g/mol. The van der Waals surface area contributed by atoms with E-state index in [0.717, 1.165) is 26.9 Å². The summed E-state index contributed by atoms with van der Waals surface area (Å²) >= 11 is 4.51. The highest BCUT2D eigenvalue weighted by molar-refractivity contribution is 9.10. The average molecular weight is 525 g/mol. The zero-order valence-corrected chi connectivity index (χ0v) is 20.9. The zero-order chi connectivity index (χ0) is 24.0. The lowest BCUT2D eigenvalue weighted by Gasteiger charge is -2.23. The Kier molecular flexibility index (Phi) is 6.07. The molecule has 1 aromatic heterocycles. The molecule has 1 aliphatic rings. The Balaban J connectivity index is 1.99. The largest absolute Gasteiger partial charge is 0.507 e. The Morgan fingerprint density at radius 1 is 1.12 bits per heavy atom. The maximum absolute atomic E-state index is 13.3. The molecule has 0 bridgehead atoms. The SMILES string of the molecule is CC(=O)c1sc(N2C(=O)C(=O)/C(=C(/O)c3cc(C)ccc3C)C2c2cccc(Br)c2)nc1C. The van der Waals surface area contributed by atoms with Crippen molar-refractivity contribution in [3.05, 3.63) is 85.3 Å². The summed E-state index contributed by atoms with van der Waals surface area (Å²) in [5.74, 6) is -1.99. The van der Waals surface area contributed by atoms with Crippen LogP contribution in [0.15, 0.2) is 52.5 Å². The number of rotatable bonds is 4. The average Bonchev–Trinajstić information content (AvgIpc) is 3.27. The molecule has 1 atom stereocenters. The molecule has 0 spiro atoms. The molecule has 4 rings (SSSR count). The standard InChI is InChI=1S/C25H21BrN2O4S/c1-12-8-9-13(2)18(10-12)21(30)19-20(16-6-5-7-17(26)11-16)28(24(32)22(19)31)25-27-14(3)23(33-25)15(4)29/h5-11,20,30H,1-4H3/b21-19+. The maximum atomic E-state index is 13.3. The lowest BCUT2D eigenvalue weighted by atomic mass is 9.93. The van der Waals surface area contributed by atoms with Gasteiger partial charge in [0.15, 0.2) is 10.9 Å². The lowest BCUT2D eigenvalue weighted by Crippen LogP contribution is -2.29. The minimum absolute atomic E-state index is 0.0102. The van der Waals surface area contributed by atoms with Crippen LogP contribution in [0.5, 0.6) is 0 Å². The predicted octanol–water partition coefficient (Wildman–Crippen LogP) is 5.66. The Bertz CT molecular complexity index is 1360. The number of hydrogen-bond donors (Lipinski definition) is 1. The number of aliphatic hydroxyl groups excluding tert-OH is 1. The second-order valence-corrected chi connectivity index (χ2v) is 9.90. The smallest absolute Gasteiger partial charge is 0.301 e. The number of carbonyl (C=O) groups excluding carboxylic acids is 3. The number of carbonyl (C=O) groups is 3. The molecule has 0 aliphatic carbocycles. The van der Waals surface area contributed by atoms with Crippen molar-refractivity contribution in [2.75, 3.05) is 4.90 Å². The Labute approximate surface area is 203 Å². The molecule has 1 saturated heterocycles. The van der Waals surface area contributed by atoms with E-state index >= 15 is 0 Å². The summed E-state index contributed by atoms with van der Waals surface area (Å²) in [6.07, 6.45) is 0. The van der Waals surface area contributed by atoms with Gasteiger partial charge in [-0.1, -0.05) is 57.1 Å². The van der Waals surface area contributed by atoms with Crippen LogP contribution in [0.3, 0.4) is 0 Å². The quantitative estimate of drug-likeness (QED) is 0.206. The number of halogens is 1. The van der Waals surface area contributed by atoms with Crippen LogP contribution < -0.4 is 4.90 Å². The van der Waals surface area contributed by atoms with Crippen LogP contribution in [0.2, 0.25) is 0 Å². The van der Waals surface area contributed by atoms with Crippen LogP contribution in [0.4, 0.5) is 5.13 Å². The minimum Gasteiger partial charge on any atom is -0.507 e. The van der Waals surface area contributed by atoms with Crippen molar-refractivity contribution in [2.45, 2.75) is 33.7 Å². The molecule has 0 radical (unpaired) electrons. The molecule has 2 heterocycles. The molecule has 6 nitrogen and oxygen atoms in total. The van der Waals surface area contributed by atoms with Crippen molar-refractivity contribution in [2.24, 2.45) is 0 Å². The van der Waals surface area contributed by atoms with Gasteiger partial charge in [-0.15, -0.1) is 0 Å². The molecule has 1 aliphatic heterocycles. The third-order valence-electron chi connectivity index (χ3n) is 5.57. The molecule has 0 saturated carbocycles. The number of hydrogen-bond acceptors (Lipinski definition) is 6. The van der Waals surface area contributed by atoms with Crippen LogP contribution in [0, 0.1) is 20.8 Å². The molecule has 168 valence electrons. The van der Waals surface area contributed by atoms with Crippen LogP contribution in [-0.2, 0) is 9.59 Å². The Hall–Kier alpha value is -3.10. The number of aromatic nitrogens is 1. The fourth-order valence-electron chi connectivity index (χ4n) is 3.97. The van der Waals surface area contributed by atoms with Crippen molar-refractivity contribution in [3.8, 4) is 0 Å². The summed E-state index contributed by atoms with van der Waals surface area (Å²) < 4.78 is 0.761. The highest BCUT2D eigenvalue weighted by Crippen LogP contribution is 2.44. The first-order chi connectivity index (χ1) is 15.6. The Morgan fingerprint density at radius 3 is 2.48 bits per heavy atom. The van der Waals surface area contributed by atoms with E-state index in [1.165, 1.54) is 11.8 Å². The van der Waals surface area contributed by atoms with Gasteiger partial charge < -0.3 is 5.11 Å². The number of nitrogens with zero attached hydrogens (tertiary/aromatic N) is 2. The van der Waals surface area contributed by atoms with Crippen molar-refractivity contribution < 1.29 is 19.5 Å². The number of benzene rings is 2. The number of amides is 1. The molecule has 1 unspecified atom stereocenters. The second kappa shape index (κ2) is 8.68. The summed E-state index contributed by atoms with van der Waals surface area (Å²) in [5.41, 5.74) is 3.30. The number of aryl methyl sites for hydroxylation is 3. The summed E-state index contributed by atoms with van der Waals surface area (Å²) in [6.45, 7) is 6.85. The first-order valence-electron chi connectivity index (χ1n) is 10.2. The Morgan fingerprint density at radius 2 is 1.85 bits per heavy atom. The number of Topliss-reactive ketones (excluding diaryl/α,β-unsaturated/α-hetero) is 2. The summed E-state index contributed by atoms with van der Waals surface area (Å²) in [4.78, 5) is 44.7. The van der Waals surface area contributed by atoms with Gasteiger partial charge in [-0.05, 0) is 50.1 Å². The van der Waals surface area contributed by atoms with Crippen LogP contribution in [-0.4, -0.2) is 27.6 Å². The van der Waals surface area contributed by atoms with E-state index < -0.39 is 17.7 Å². The third kappa shape index (κ3) is 4.05. The van der Waals surface area contributed by atoms with Crippen molar-refractivity contribution in [3.63, 3.8) is 0 Å². The minimum atomic E-state index is -0.896. The number of thiazole rings is 1. The van der Waals surface area contributed by atoms with E-state index in [1.54, 1.807) is 31.2 Å². The van der Waals surface area contributed by atoms with Crippen LogP contribution >= 0.6 is 27.3 Å². The molecule has 33 heavy (non-hydrogen) atoms. The third-order valence-corrected chi connectivity index (χ3v) is 7.32. The number of aliphatic hydroxyl groups is 1. The van der Waals surface area contributed by atoms with Crippen molar-refractivity contribution >= 4 is 55.6 Å². The van der Waals surface area contributed by atoms with Gasteiger partial charge in [0.2, 0.25) is 0 Å². The fraction of sp³-hybridized carbons (Fsp3) is 0.200. The maximum Gasteiger partial charge on any atom is 0.301 e. The van der Waals surface area contributed by atoms with Crippen molar-refractivity contribution in [1.29, 1.82) is 0 Å². The van der Waals surface area contributed by atoms with Gasteiger partial charge in [-0.2, -0.15) is 0 Å². The van der Waals surface area contributed by atoms with Crippen LogP contribution in [0.25, 0.3) is 5.76 Å². The molecule has 8 heteroatoms. The monoisotopic (exact) mass is 524 g/mol. The lowest BCUT2D eigenvalue weighted by molar-refractivity contribution is -0.132. The molecular formula is C25H21BrN2O4S. The van der Waals surface area contributed by atoms with Gasteiger partial charge in [0.25, 0.3) is 5.78 Å². The van der Waals surface area contributed by atoms with E-state index in [9.17, 15) is 19.5 Å². The topological polar surface area (TPSA) is 87.6 Å². The molecule has 2 aromatic carbocycles. The zero-order valence-electron chi connectivity index (χ0n) is 18.5. The normalized spacial score (nSPS) is 17.6. The first-order valence-corrected chi connectivity index (χ1v) is 11.8. The van der Waals surface area contributed by atoms with Gasteiger partial charge in [0.1, 0.15) is 5.76 Å². The summed E-state index contributed by atoms with van der Waals surface area (Å²) in [5, 5.41) is 11.6.